The zero-order valence-electron chi connectivity index (χ0n) is 31.9. The molecular weight excluding hydrogens is 632 g/mol. The molecule has 0 radical (unpaired) electrons. The molecule has 8 nitrogen and oxygen atoms in total. The van der Waals surface area contributed by atoms with E-state index < -0.39 is 30.2 Å². The van der Waals surface area contributed by atoms with Gasteiger partial charge < -0.3 is 24.8 Å². The van der Waals surface area contributed by atoms with Crippen molar-refractivity contribution in [2.75, 3.05) is 13.2 Å². The van der Waals surface area contributed by atoms with Crippen LogP contribution in [0.4, 0.5) is 0 Å². The minimum atomic E-state index is -1.05. The first-order chi connectivity index (χ1) is 24.3. The van der Waals surface area contributed by atoms with Gasteiger partial charge in [-0.3, -0.25) is 14.4 Å². The highest BCUT2D eigenvalue weighted by Gasteiger charge is 2.39. The second-order valence-corrected chi connectivity index (χ2v) is 14.5. The first-order valence-electron chi connectivity index (χ1n) is 20.5. The summed E-state index contributed by atoms with van der Waals surface area (Å²) >= 11 is 0. The van der Waals surface area contributed by atoms with Gasteiger partial charge in [0.2, 0.25) is 0 Å². The van der Waals surface area contributed by atoms with Crippen molar-refractivity contribution < 1.29 is 39.2 Å². The van der Waals surface area contributed by atoms with Gasteiger partial charge in [0.15, 0.2) is 0 Å². The van der Waals surface area contributed by atoms with Crippen molar-refractivity contribution in [3.8, 4) is 0 Å². The average Bonchev–Trinajstić information content (AvgIpc) is 3.37. The van der Waals surface area contributed by atoms with Gasteiger partial charge in [-0.2, -0.15) is 0 Å². The fourth-order valence-electron chi connectivity index (χ4n) is 6.60. The van der Waals surface area contributed by atoms with E-state index in [4.69, 9.17) is 9.47 Å². The smallest absolute Gasteiger partial charge is 0.305 e. The zero-order valence-corrected chi connectivity index (χ0v) is 31.9. The van der Waals surface area contributed by atoms with E-state index in [0.717, 1.165) is 38.5 Å². The third-order valence-electron chi connectivity index (χ3n) is 9.82. The zero-order chi connectivity index (χ0) is 36.7. The molecule has 0 unspecified atom stereocenters. The number of hydrogen-bond acceptors (Lipinski definition) is 8. The molecule has 8 heteroatoms. The first kappa shape index (κ1) is 46.0. The van der Waals surface area contributed by atoms with Crippen molar-refractivity contribution in [1.82, 2.24) is 0 Å². The number of hydrogen-bond donors (Lipinski definition) is 3. The van der Waals surface area contributed by atoms with Gasteiger partial charge in [0, 0.05) is 31.1 Å². The third kappa shape index (κ3) is 25.0. The fraction of sp³-hybridized carbons (Fsp3) is 0.833. The van der Waals surface area contributed by atoms with Gasteiger partial charge in [0.1, 0.15) is 25.1 Å². The molecule has 0 aromatic rings. The average molecular weight is 707 g/mol. The number of allylic oxidation sites excluding steroid dienone is 3. The molecule has 0 aliphatic heterocycles. The van der Waals surface area contributed by atoms with Crippen molar-refractivity contribution in [2.45, 2.75) is 199 Å². The van der Waals surface area contributed by atoms with Crippen molar-refractivity contribution in [3.63, 3.8) is 0 Å². The summed E-state index contributed by atoms with van der Waals surface area (Å²) in [6.07, 6.45) is 31.7. The Morgan fingerprint density at radius 2 is 1.18 bits per heavy atom. The molecule has 1 rings (SSSR count). The lowest BCUT2D eigenvalue weighted by Gasteiger charge is -2.17. The molecule has 0 amide bonds. The number of ether oxygens (including phenoxy) is 2. The minimum Gasteiger partial charge on any atom is -0.463 e. The Balaban J connectivity index is 2.02. The highest BCUT2D eigenvalue weighted by Crippen LogP contribution is 2.33. The Morgan fingerprint density at radius 1 is 0.700 bits per heavy atom. The van der Waals surface area contributed by atoms with Crippen LogP contribution in [0.2, 0.25) is 0 Å². The van der Waals surface area contributed by atoms with E-state index in [1.54, 1.807) is 12.2 Å². The van der Waals surface area contributed by atoms with Crippen LogP contribution in [-0.4, -0.2) is 64.6 Å². The van der Waals surface area contributed by atoms with Gasteiger partial charge in [-0.1, -0.05) is 154 Å². The summed E-state index contributed by atoms with van der Waals surface area (Å²) in [7, 11) is 0. The third-order valence-corrected chi connectivity index (χ3v) is 9.82. The summed E-state index contributed by atoms with van der Waals surface area (Å²) in [5, 5.41) is 30.6. The molecule has 0 bridgehead atoms. The highest BCUT2D eigenvalue weighted by molar-refractivity contribution is 5.86. The maximum Gasteiger partial charge on any atom is 0.305 e. The topological polar surface area (TPSA) is 130 Å². The largest absolute Gasteiger partial charge is 0.463 e. The van der Waals surface area contributed by atoms with Crippen molar-refractivity contribution in [3.05, 3.63) is 24.3 Å². The van der Waals surface area contributed by atoms with E-state index in [1.165, 1.54) is 83.5 Å². The number of esters is 2. The molecule has 1 saturated carbocycles. The van der Waals surface area contributed by atoms with Crippen LogP contribution in [0.5, 0.6) is 0 Å². The van der Waals surface area contributed by atoms with E-state index in [0.29, 0.717) is 32.1 Å². The Morgan fingerprint density at radius 3 is 1.72 bits per heavy atom. The summed E-state index contributed by atoms with van der Waals surface area (Å²) in [5.74, 6) is -1.36. The number of rotatable bonds is 33. The van der Waals surface area contributed by atoms with Crippen LogP contribution in [0.1, 0.15) is 181 Å². The molecule has 0 aromatic heterocycles. The number of Topliss-reactive ketones (excluding diaryl/α,β-unsaturated/α-hetero) is 1. The lowest BCUT2D eigenvalue weighted by Crippen LogP contribution is -2.25. The van der Waals surface area contributed by atoms with E-state index >= 15 is 0 Å². The van der Waals surface area contributed by atoms with Crippen LogP contribution in [0.15, 0.2) is 24.3 Å². The molecule has 290 valence electrons. The van der Waals surface area contributed by atoms with Gasteiger partial charge in [-0.25, -0.2) is 0 Å². The number of carbonyl (C=O) groups is 3. The quantitative estimate of drug-likeness (QED) is 0.0350. The summed E-state index contributed by atoms with van der Waals surface area (Å²) in [6, 6.07) is 0. The van der Waals surface area contributed by atoms with Crippen LogP contribution in [0, 0.1) is 11.8 Å². The van der Waals surface area contributed by atoms with Crippen molar-refractivity contribution in [1.29, 1.82) is 0 Å². The predicted molar refractivity (Wildman–Crippen MR) is 202 cm³/mol. The monoisotopic (exact) mass is 707 g/mol. The van der Waals surface area contributed by atoms with Crippen LogP contribution in [0.25, 0.3) is 0 Å². The molecule has 3 N–H and O–H groups in total. The second kappa shape index (κ2) is 31.7. The molecule has 1 aliphatic rings. The fourth-order valence-corrected chi connectivity index (χ4v) is 6.60. The van der Waals surface area contributed by atoms with Gasteiger partial charge in [-0.05, 0) is 32.1 Å². The molecular formula is C42H74O8. The van der Waals surface area contributed by atoms with Crippen LogP contribution < -0.4 is 0 Å². The van der Waals surface area contributed by atoms with Crippen molar-refractivity contribution in [2.24, 2.45) is 11.8 Å². The van der Waals surface area contributed by atoms with Gasteiger partial charge in [-0.15, -0.1) is 0 Å². The molecule has 0 aromatic carbocycles. The van der Waals surface area contributed by atoms with Crippen LogP contribution in [-0.2, 0) is 23.9 Å². The SMILES string of the molecule is CCCCCCCCCCCCCCCCCCC(=O)OC[C@@H](O)COC(=O)CCC/C=C\C[C@H]1[C@@H](O)CC(=O)[C@@H]1/C=C/[C@@H](O)CCCCC. The maximum absolute atomic E-state index is 12.4. The van der Waals surface area contributed by atoms with E-state index in [2.05, 4.69) is 13.8 Å². The highest BCUT2D eigenvalue weighted by atomic mass is 16.6. The summed E-state index contributed by atoms with van der Waals surface area (Å²) in [6.45, 7) is 3.98. The molecule has 1 fully saturated rings. The molecule has 1 aliphatic carbocycles. The number of ketones is 1. The minimum absolute atomic E-state index is 0.00279. The van der Waals surface area contributed by atoms with E-state index in [-0.39, 0.29) is 43.7 Å². The second-order valence-electron chi connectivity index (χ2n) is 14.5. The number of unbranched alkanes of at least 4 members (excludes halogenated alkanes) is 18. The van der Waals surface area contributed by atoms with Crippen molar-refractivity contribution >= 4 is 17.7 Å². The standard InChI is InChI=1S/C42H74O8/c1-3-5-7-8-9-10-11-12-13-14-15-16-17-18-19-24-28-41(47)49-33-36(44)34-50-42(48)29-25-21-20-23-27-37-38(40(46)32-39(37)45)31-30-35(43)26-22-6-4-2/h20,23,30-31,35-39,43-45H,3-19,21-22,24-29,32-34H2,1-2H3/b23-20-,31-30+/t35-,36+,37+,38+,39-/m0/s1. The van der Waals surface area contributed by atoms with E-state index in [1.807, 2.05) is 12.2 Å². The lowest BCUT2D eigenvalue weighted by molar-refractivity contribution is -0.152. The Bertz CT molecular complexity index is 915. The predicted octanol–water partition coefficient (Wildman–Crippen LogP) is 9.27. The van der Waals surface area contributed by atoms with Gasteiger partial charge in [0.05, 0.1) is 12.2 Å². The molecule has 50 heavy (non-hydrogen) atoms. The van der Waals surface area contributed by atoms with Gasteiger partial charge >= 0.3 is 11.9 Å². The molecule has 0 spiro atoms. The summed E-state index contributed by atoms with van der Waals surface area (Å²) in [5.41, 5.74) is 0. The van der Waals surface area contributed by atoms with Crippen LogP contribution in [0.3, 0.4) is 0 Å². The molecule has 0 heterocycles. The molecule has 5 atom stereocenters. The first-order valence-corrected chi connectivity index (χ1v) is 20.5. The Hall–Kier alpha value is -2.03. The normalized spacial score (nSPS) is 19.1. The Labute approximate surface area is 304 Å². The number of aliphatic hydroxyl groups is 3. The maximum atomic E-state index is 12.4. The van der Waals surface area contributed by atoms with E-state index in [9.17, 15) is 29.7 Å². The van der Waals surface area contributed by atoms with Crippen LogP contribution >= 0.6 is 0 Å². The molecule has 0 saturated heterocycles. The summed E-state index contributed by atoms with van der Waals surface area (Å²) in [4.78, 5) is 36.5. The number of aliphatic hydroxyl groups excluding tert-OH is 3. The number of carbonyl (C=O) groups excluding carboxylic acids is 3. The Kier molecular flexibility index (Phi) is 29.1. The summed E-state index contributed by atoms with van der Waals surface area (Å²) < 4.78 is 10.3. The van der Waals surface area contributed by atoms with Gasteiger partial charge in [0.25, 0.3) is 0 Å². The lowest BCUT2D eigenvalue weighted by atomic mass is 9.90.